The molecule has 136 valence electrons. The molecule has 0 aromatic carbocycles. The quantitative estimate of drug-likeness (QED) is 0.231. The average molecular weight is 359 g/mol. The lowest BCUT2D eigenvalue weighted by Crippen LogP contribution is -2.28. The highest BCUT2D eigenvalue weighted by atomic mass is 16.9. The lowest BCUT2D eigenvalue weighted by atomic mass is 10.3. The molecular weight excluding hydrogens is 342 g/mol. The fourth-order valence-corrected chi connectivity index (χ4v) is 1.88. The van der Waals surface area contributed by atoms with E-state index in [-0.39, 0.29) is 38.1 Å². The number of ether oxygens (including phenoxy) is 1. The summed E-state index contributed by atoms with van der Waals surface area (Å²) < 4.78 is 5.58. The first-order chi connectivity index (χ1) is 12.7. The van der Waals surface area contributed by atoms with Gasteiger partial charge < -0.3 is 14.9 Å². The van der Waals surface area contributed by atoms with Crippen LogP contribution < -0.4 is 5.32 Å². The molecule has 0 spiro atoms. The van der Waals surface area contributed by atoms with E-state index in [1.54, 1.807) is 42.9 Å². The van der Waals surface area contributed by atoms with Crippen LogP contribution in [0, 0.1) is 10.1 Å². The van der Waals surface area contributed by atoms with Crippen LogP contribution in [0.1, 0.15) is 15.9 Å². The third-order valence-corrected chi connectivity index (χ3v) is 3.00. The van der Waals surface area contributed by atoms with E-state index < -0.39 is 5.09 Å². The van der Waals surface area contributed by atoms with Crippen molar-refractivity contribution < 1.29 is 19.5 Å². The van der Waals surface area contributed by atoms with E-state index in [2.05, 4.69) is 25.1 Å². The minimum absolute atomic E-state index is 0.0489. The molecular formula is C16H17N5O5. The number of amides is 1. The standard InChI is InChI=1S/C16H17N5O5/c22-15(13-3-1-5-17-11-13)19-7-9-25-16(14-4-2-6-18-12-14)20-8-10-26-21(23)24/h1-6,11-12H,7-10H2,(H,19,22). The molecule has 0 aliphatic heterocycles. The summed E-state index contributed by atoms with van der Waals surface area (Å²) >= 11 is 0. The second-order valence-corrected chi connectivity index (χ2v) is 4.83. The number of pyridine rings is 2. The molecule has 10 nitrogen and oxygen atoms in total. The molecule has 2 rings (SSSR count). The lowest BCUT2D eigenvalue weighted by Gasteiger charge is -2.10. The van der Waals surface area contributed by atoms with E-state index in [4.69, 9.17) is 4.74 Å². The summed E-state index contributed by atoms with van der Waals surface area (Å²) in [6.45, 7) is 0.277. The summed E-state index contributed by atoms with van der Waals surface area (Å²) in [7, 11) is 0. The molecule has 10 heteroatoms. The number of hydrogen-bond donors (Lipinski definition) is 1. The number of rotatable bonds is 9. The number of aromatic nitrogens is 2. The summed E-state index contributed by atoms with van der Waals surface area (Å²) in [5.41, 5.74) is 1.07. The summed E-state index contributed by atoms with van der Waals surface area (Å²) in [4.78, 5) is 38.3. The smallest absolute Gasteiger partial charge is 0.294 e. The van der Waals surface area contributed by atoms with Crippen LogP contribution in [-0.4, -0.2) is 53.2 Å². The van der Waals surface area contributed by atoms with Crippen molar-refractivity contribution in [3.05, 3.63) is 70.3 Å². The van der Waals surface area contributed by atoms with E-state index in [1.165, 1.54) is 6.20 Å². The predicted octanol–water partition coefficient (Wildman–Crippen LogP) is 0.878. The van der Waals surface area contributed by atoms with Gasteiger partial charge in [-0.2, -0.15) is 0 Å². The number of aliphatic imine (C=N–C) groups is 1. The molecule has 2 aromatic rings. The first-order valence-electron chi connectivity index (χ1n) is 7.70. The Morgan fingerprint density at radius 3 is 2.46 bits per heavy atom. The van der Waals surface area contributed by atoms with E-state index >= 15 is 0 Å². The Bertz CT molecular complexity index is 739. The summed E-state index contributed by atoms with van der Waals surface area (Å²) in [6.07, 6.45) is 6.21. The van der Waals surface area contributed by atoms with E-state index in [0.717, 1.165) is 0 Å². The molecule has 2 heterocycles. The number of nitrogens with one attached hydrogen (secondary N) is 1. The second-order valence-electron chi connectivity index (χ2n) is 4.83. The maximum absolute atomic E-state index is 11.9. The van der Waals surface area contributed by atoms with Crippen LogP contribution in [0.3, 0.4) is 0 Å². The van der Waals surface area contributed by atoms with Crippen molar-refractivity contribution in [2.75, 3.05) is 26.3 Å². The van der Waals surface area contributed by atoms with E-state index in [9.17, 15) is 14.9 Å². The van der Waals surface area contributed by atoms with Crippen molar-refractivity contribution >= 4 is 11.8 Å². The molecule has 1 N–H and O–H groups in total. The molecule has 2 aromatic heterocycles. The van der Waals surface area contributed by atoms with Crippen molar-refractivity contribution in [2.45, 2.75) is 0 Å². The zero-order valence-electron chi connectivity index (χ0n) is 13.8. The van der Waals surface area contributed by atoms with Gasteiger partial charge in [-0.15, -0.1) is 10.1 Å². The zero-order valence-corrected chi connectivity index (χ0v) is 13.8. The predicted molar refractivity (Wildman–Crippen MR) is 91.1 cm³/mol. The summed E-state index contributed by atoms with van der Waals surface area (Å²) in [5, 5.41) is 12.0. The highest BCUT2D eigenvalue weighted by Gasteiger charge is 2.07. The van der Waals surface area contributed by atoms with E-state index in [0.29, 0.717) is 11.1 Å². The molecule has 0 atom stereocenters. The Labute approximate surface area is 149 Å². The fraction of sp³-hybridized carbons (Fsp3) is 0.250. The largest absolute Gasteiger partial charge is 0.476 e. The van der Waals surface area contributed by atoms with Gasteiger partial charge in [-0.3, -0.25) is 14.8 Å². The first-order valence-corrected chi connectivity index (χ1v) is 7.70. The van der Waals surface area contributed by atoms with Crippen molar-refractivity contribution in [3.63, 3.8) is 0 Å². The number of nitrogens with zero attached hydrogens (tertiary/aromatic N) is 4. The van der Waals surface area contributed by atoms with Crippen molar-refractivity contribution in [2.24, 2.45) is 4.99 Å². The van der Waals surface area contributed by atoms with Crippen LogP contribution in [0.25, 0.3) is 0 Å². The van der Waals surface area contributed by atoms with Crippen LogP contribution in [0.4, 0.5) is 0 Å². The number of carbonyl (C=O) groups excluding carboxylic acids is 1. The third-order valence-electron chi connectivity index (χ3n) is 3.00. The van der Waals surface area contributed by atoms with Gasteiger partial charge in [-0.25, -0.2) is 4.99 Å². The minimum atomic E-state index is -0.881. The van der Waals surface area contributed by atoms with Crippen molar-refractivity contribution in [1.82, 2.24) is 15.3 Å². The molecule has 0 aliphatic carbocycles. The monoisotopic (exact) mass is 359 g/mol. The molecule has 0 saturated carbocycles. The second kappa shape index (κ2) is 10.3. The first kappa shape index (κ1) is 18.8. The Hall–Kier alpha value is -3.56. The summed E-state index contributed by atoms with van der Waals surface area (Å²) in [6, 6.07) is 6.78. The Kier molecular flexibility index (Phi) is 7.46. The topological polar surface area (TPSA) is 129 Å². The fourth-order valence-electron chi connectivity index (χ4n) is 1.88. The van der Waals surface area contributed by atoms with Gasteiger partial charge in [0, 0.05) is 24.8 Å². The third kappa shape index (κ3) is 6.51. The Morgan fingerprint density at radius 2 is 1.85 bits per heavy atom. The molecule has 0 aliphatic rings. The molecule has 0 bridgehead atoms. The van der Waals surface area contributed by atoms with Gasteiger partial charge in [0.1, 0.15) is 13.2 Å². The van der Waals surface area contributed by atoms with Crippen molar-refractivity contribution in [1.29, 1.82) is 0 Å². The van der Waals surface area contributed by atoms with Crippen LogP contribution in [0.15, 0.2) is 54.0 Å². The van der Waals surface area contributed by atoms with Crippen LogP contribution in [0.5, 0.6) is 0 Å². The normalized spacial score (nSPS) is 10.8. The molecule has 0 fully saturated rings. The molecule has 1 amide bonds. The van der Waals surface area contributed by atoms with Gasteiger partial charge >= 0.3 is 0 Å². The van der Waals surface area contributed by atoms with Gasteiger partial charge in [0.05, 0.1) is 24.2 Å². The highest BCUT2D eigenvalue weighted by Crippen LogP contribution is 2.01. The average Bonchev–Trinajstić information content (AvgIpc) is 2.67. The van der Waals surface area contributed by atoms with Gasteiger partial charge in [0.25, 0.3) is 11.0 Å². The molecule has 0 radical (unpaired) electrons. The van der Waals surface area contributed by atoms with Gasteiger partial charge in [0.15, 0.2) is 0 Å². The van der Waals surface area contributed by atoms with Gasteiger partial charge in [-0.05, 0) is 24.3 Å². The van der Waals surface area contributed by atoms with Crippen LogP contribution in [0.2, 0.25) is 0 Å². The Balaban J connectivity index is 1.85. The maximum atomic E-state index is 11.9. The highest BCUT2D eigenvalue weighted by molar-refractivity contribution is 5.94. The van der Waals surface area contributed by atoms with E-state index in [1.807, 2.05) is 0 Å². The molecule has 0 unspecified atom stereocenters. The zero-order chi connectivity index (χ0) is 18.6. The van der Waals surface area contributed by atoms with Gasteiger partial charge in [-0.1, -0.05) is 0 Å². The summed E-state index contributed by atoms with van der Waals surface area (Å²) in [5.74, 6) is 0.00150. The molecule has 26 heavy (non-hydrogen) atoms. The van der Waals surface area contributed by atoms with Gasteiger partial charge in [0.2, 0.25) is 5.90 Å². The lowest BCUT2D eigenvalue weighted by molar-refractivity contribution is -0.757. The SMILES string of the molecule is O=C(NCCOC(=NCCO[N+](=O)[O-])c1cccnc1)c1cccnc1. The van der Waals surface area contributed by atoms with Crippen LogP contribution in [-0.2, 0) is 9.57 Å². The number of hydrogen-bond acceptors (Lipinski definition) is 8. The number of carbonyl (C=O) groups is 1. The minimum Gasteiger partial charge on any atom is -0.476 e. The maximum Gasteiger partial charge on any atom is 0.294 e. The Morgan fingerprint density at radius 1 is 1.15 bits per heavy atom. The molecule has 0 saturated heterocycles. The van der Waals surface area contributed by atoms with Crippen molar-refractivity contribution in [3.8, 4) is 0 Å². The van der Waals surface area contributed by atoms with Crippen LogP contribution >= 0.6 is 0 Å².